The third-order valence-electron chi connectivity index (χ3n) is 2.04. The van der Waals surface area contributed by atoms with Gasteiger partial charge in [-0.05, 0) is 24.3 Å². The molecule has 0 spiro atoms. The molecule has 0 saturated heterocycles. The molecule has 0 unspecified atom stereocenters. The zero-order valence-corrected chi connectivity index (χ0v) is 10.1. The minimum absolute atomic E-state index is 0.205. The Morgan fingerprint density at radius 3 is 2.62 bits per heavy atom. The highest BCUT2D eigenvalue weighted by Gasteiger charge is 2.08. The number of carbonyl (C=O) groups excluding carboxylic acids is 1. The Hall–Kier alpha value is -1.69. The molecule has 2 aromatic rings. The number of anilines is 1. The number of halogens is 1. The lowest BCUT2D eigenvalue weighted by Crippen LogP contribution is -2.15. The Kier molecular flexibility index (Phi) is 3.00. The van der Waals surface area contributed by atoms with Crippen LogP contribution >= 0.6 is 15.9 Å². The van der Waals surface area contributed by atoms with Crippen LogP contribution in [0.25, 0.3) is 0 Å². The maximum Gasteiger partial charge on any atom is 0.258 e. The van der Waals surface area contributed by atoms with Gasteiger partial charge in [-0.2, -0.15) is 10.1 Å². The molecule has 82 valence electrons. The Bertz CT molecular complexity index is 506. The number of aromatic nitrogens is 3. The average Bonchev–Trinajstić information content (AvgIpc) is 2.65. The normalized spacial score (nSPS) is 10.1. The number of hydrogen-bond donors (Lipinski definition) is 1. The van der Waals surface area contributed by atoms with Gasteiger partial charge < -0.3 is 0 Å². The van der Waals surface area contributed by atoms with E-state index in [-0.39, 0.29) is 5.91 Å². The minimum atomic E-state index is -0.205. The lowest BCUT2D eigenvalue weighted by Gasteiger charge is -2.03. The Morgan fingerprint density at radius 1 is 1.38 bits per heavy atom. The highest BCUT2D eigenvalue weighted by molar-refractivity contribution is 9.10. The molecule has 0 aliphatic rings. The summed E-state index contributed by atoms with van der Waals surface area (Å²) < 4.78 is 2.43. The smallest absolute Gasteiger partial charge is 0.258 e. The van der Waals surface area contributed by atoms with Crippen molar-refractivity contribution in [2.45, 2.75) is 0 Å². The van der Waals surface area contributed by atoms with Crippen molar-refractivity contribution in [3.63, 3.8) is 0 Å². The maximum absolute atomic E-state index is 11.8. The molecule has 0 bridgehead atoms. The van der Waals surface area contributed by atoms with Crippen molar-refractivity contribution in [1.29, 1.82) is 0 Å². The van der Waals surface area contributed by atoms with Crippen LogP contribution in [-0.4, -0.2) is 20.7 Å². The van der Waals surface area contributed by atoms with E-state index in [0.717, 1.165) is 4.47 Å². The van der Waals surface area contributed by atoms with Gasteiger partial charge in [-0.25, -0.2) is 4.68 Å². The first-order chi connectivity index (χ1) is 7.66. The van der Waals surface area contributed by atoms with Crippen molar-refractivity contribution in [1.82, 2.24) is 14.8 Å². The number of amides is 1. The van der Waals surface area contributed by atoms with E-state index in [0.29, 0.717) is 11.5 Å². The van der Waals surface area contributed by atoms with E-state index >= 15 is 0 Å². The van der Waals surface area contributed by atoms with E-state index < -0.39 is 0 Å². The van der Waals surface area contributed by atoms with Gasteiger partial charge >= 0.3 is 0 Å². The van der Waals surface area contributed by atoms with Crippen molar-refractivity contribution in [2.75, 3.05) is 5.32 Å². The molecule has 1 amide bonds. The SMILES string of the molecule is Cn1ncnc1NC(=O)c1ccc(Br)cc1. The van der Waals surface area contributed by atoms with Gasteiger partial charge in [0.25, 0.3) is 5.91 Å². The summed E-state index contributed by atoms with van der Waals surface area (Å²) in [6.45, 7) is 0. The van der Waals surface area contributed by atoms with Crippen molar-refractivity contribution in [3.05, 3.63) is 40.6 Å². The van der Waals surface area contributed by atoms with Crippen LogP contribution in [0.4, 0.5) is 5.95 Å². The van der Waals surface area contributed by atoms with Gasteiger partial charge in [0.2, 0.25) is 5.95 Å². The topological polar surface area (TPSA) is 59.8 Å². The summed E-state index contributed by atoms with van der Waals surface area (Å²) in [5.41, 5.74) is 0.575. The van der Waals surface area contributed by atoms with Gasteiger partial charge in [-0.1, -0.05) is 15.9 Å². The second-order valence-corrected chi connectivity index (χ2v) is 4.08. The standard InChI is InChI=1S/C10H9BrN4O/c1-15-10(12-6-13-15)14-9(16)7-2-4-8(11)5-3-7/h2-6H,1H3,(H,12,13,14,16). The molecule has 2 rings (SSSR count). The summed E-state index contributed by atoms with van der Waals surface area (Å²) in [4.78, 5) is 15.7. The lowest BCUT2D eigenvalue weighted by atomic mass is 10.2. The molecule has 1 heterocycles. The molecule has 0 fully saturated rings. The number of carbonyl (C=O) groups is 1. The number of benzene rings is 1. The van der Waals surface area contributed by atoms with Gasteiger partial charge in [0.1, 0.15) is 6.33 Å². The fraction of sp³-hybridized carbons (Fsp3) is 0.100. The van der Waals surface area contributed by atoms with E-state index in [1.165, 1.54) is 11.0 Å². The predicted molar refractivity (Wildman–Crippen MR) is 63.1 cm³/mol. The summed E-state index contributed by atoms with van der Waals surface area (Å²) in [6.07, 6.45) is 1.39. The molecular formula is C10H9BrN4O. The third kappa shape index (κ3) is 2.27. The first-order valence-corrected chi connectivity index (χ1v) is 5.37. The summed E-state index contributed by atoms with van der Waals surface area (Å²) >= 11 is 3.31. The van der Waals surface area contributed by atoms with E-state index in [1.54, 1.807) is 19.2 Å². The molecule has 0 saturated carbocycles. The van der Waals surface area contributed by atoms with Crippen molar-refractivity contribution < 1.29 is 4.79 Å². The Labute approximate surface area is 101 Å². The van der Waals surface area contributed by atoms with Gasteiger partial charge in [-0.15, -0.1) is 0 Å². The molecule has 0 atom stereocenters. The summed E-state index contributed by atoms with van der Waals surface area (Å²) in [5, 5.41) is 6.52. The highest BCUT2D eigenvalue weighted by Crippen LogP contribution is 2.11. The monoisotopic (exact) mass is 280 g/mol. The number of nitrogens with zero attached hydrogens (tertiary/aromatic N) is 3. The van der Waals surface area contributed by atoms with Gasteiger partial charge in [-0.3, -0.25) is 10.1 Å². The van der Waals surface area contributed by atoms with Crippen LogP contribution in [0.15, 0.2) is 35.1 Å². The molecule has 5 nitrogen and oxygen atoms in total. The van der Waals surface area contributed by atoms with E-state index in [2.05, 4.69) is 31.3 Å². The Balaban J connectivity index is 2.15. The average molecular weight is 281 g/mol. The van der Waals surface area contributed by atoms with Crippen LogP contribution < -0.4 is 5.32 Å². The van der Waals surface area contributed by atoms with E-state index in [1.807, 2.05) is 12.1 Å². The predicted octanol–water partition coefficient (Wildman–Crippen LogP) is 1.83. The summed E-state index contributed by atoms with van der Waals surface area (Å²) in [5.74, 6) is 0.219. The van der Waals surface area contributed by atoms with Crippen LogP contribution in [0.5, 0.6) is 0 Å². The van der Waals surface area contributed by atoms with Gasteiger partial charge in [0, 0.05) is 17.1 Å². The fourth-order valence-electron chi connectivity index (χ4n) is 1.18. The Morgan fingerprint density at radius 2 is 2.06 bits per heavy atom. The molecule has 0 aliphatic carbocycles. The second kappa shape index (κ2) is 4.44. The fourth-order valence-corrected chi connectivity index (χ4v) is 1.45. The van der Waals surface area contributed by atoms with Crippen molar-refractivity contribution in [3.8, 4) is 0 Å². The summed E-state index contributed by atoms with van der Waals surface area (Å²) in [7, 11) is 1.71. The number of aryl methyl sites for hydroxylation is 1. The zero-order chi connectivity index (χ0) is 11.5. The maximum atomic E-state index is 11.8. The minimum Gasteiger partial charge on any atom is -0.291 e. The van der Waals surface area contributed by atoms with Crippen LogP contribution in [-0.2, 0) is 7.05 Å². The largest absolute Gasteiger partial charge is 0.291 e. The number of rotatable bonds is 2. The molecular weight excluding hydrogens is 272 g/mol. The molecule has 1 aromatic heterocycles. The van der Waals surface area contributed by atoms with Crippen LogP contribution in [0.2, 0.25) is 0 Å². The molecule has 6 heteroatoms. The first-order valence-electron chi connectivity index (χ1n) is 4.58. The first kappa shape index (κ1) is 10.8. The number of hydrogen-bond acceptors (Lipinski definition) is 3. The van der Waals surface area contributed by atoms with Crippen LogP contribution in [0, 0.1) is 0 Å². The second-order valence-electron chi connectivity index (χ2n) is 3.17. The van der Waals surface area contributed by atoms with Crippen molar-refractivity contribution in [2.24, 2.45) is 7.05 Å². The third-order valence-corrected chi connectivity index (χ3v) is 2.57. The molecule has 1 aromatic carbocycles. The number of nitrogens with one attached hydrogen (secondary N) is 1. The van der Waals surface area contributed by atoms with Crippen LogP contribution in [0.3, 0.4) is 0 Å². The van der Waals surface area contributed by atoms with Crippen LogP contribution in [0.1, 0.15) is 10.4 Å². The summed E-state index contributed by atoms with van der Waals surface area (Å²) in [6, 6.07) is 7.09. The molecule has 1 N–H and O–H groups in total. The quantitative estimate of drug-likeness (QED) is 0.913. The lowest BCUT2D eigenvalue weighted by molar-refractivity contribution is 0.102. The van der Waals surface area contributed by atoms with E-state index in [9.17, 15) is 4.79 Å². The highest BCUT2D eigenvalue weighted by atomic mass is 79.9. The molecule has 0 aliphatic heterocycles. The van der Waals surface area contributed by atoms with Crippen molar-refractivity contribution >= 4 is 27.8 Å². The molecule has 16 heavy (non-hydrogen) atoms. The molecule has 0 radical (unpaired) electrons. The van der Waals surface area contributed by atoms with Gasteiger partial charge in [0.15, 0.2) is 0 Å². The zero-order valence-electron chi connectivity index (χ0n) is 8.51. The van der Waals surface area contributed by atoms with E-state index in [4.69, 9.17) is 0 Å². The van der Waals surface area contributed by atoms with Gasteiger partial charge in [0.05, 0.1) is 0 Å².